The van der Waals surface area contributed by atoms with Gasteiger partial charge in [0.2, 0.25) is 0 Å². The van der Waals surface area contributed by atoms with Crippen molar-refractivity contribution in [2.24, 2.45) is 0 Å². The maximum Gasteiger partial charge on any atom is 0.128 e. The third-order valence-corrected chi connectivity index (χ3v) is 4.65. The quantitative estimate of drug-likeness (QED) is 0.833. The van der Waals surface area contributed by atoms with Crippen molar-refractivity contribution in [2.45, 2.75) is 11.8 Å². The molecule has 2 nitrogen and oxygen atoms in total. The zero-order valence-corrected chi connectivity index (χ0v) is 11.3. The molecule has 2 aromatic rings. The normalized spacial score (nSPS) is 10.2. The summed E-state index contributed by atoms with van der Waals surface area (Å²) in [5.41, 5.74) is 8.63. The average molecular weight is 260 g/mol. The van der Waals surface area contributed by atoms with Gasteiger partial charge in [0.25, 0.3) is 0 Å². The SMILES string of the molecule is CSc1ccc(-c2sc(C#N)c(N)c2C)cc1. The summed E-state index contributed by atoms with van der Waals surface area (Å²) in [4.78, 5) is 2.93. The van der Waals surface area contributed by atoms with Crippen molar-refractivity contribution in [3.05, 3.63) is 34.7 Å². The van der Waals surface area contributed by atoms with Gasteiger partial charge in [0.1, 0.15) is 10.9 Å². The number of hydrogen-bond donors (Lipinski definition) is 1. The van der Waals surface area contributed by atoms with E-state index in [4.69, 9.17) is 11.0 Å². The highest BCUT2D eigenvalue weighted by atomic mass is 32.2. The second kappa shape index (κ2) is 4.82. The predicted octanol–water partition coefficient (Wildman–Crippen LogP) is 3.90. The molecule has 0 saturated carbocycles. The molecule has 0 fully saturated rings. The highest BCUT2D eigenvalue weighted by Crippen LogP contribution is 2.37. The predicted molar refractivity (Wildman–Crippen MR) is 75.4 cm³/mol. The standard InChI is InChI=1S/C13H12N2S2/c1-8-12(15)11(7-14)17-13(8)9-3-5-10(16-2)6-4-9/h3-6H,15H2,1-2H3. The van der Waals surface area contributed by atoms with E-state index in [9.17, 15) is 0 Å². The molecule has 1 aromatic carbocycles. The summed E-state index contributed by atoms with van der Waals surface area (Å²) in [5, 5.41) is 8.96. The van der Waals surface area contributed by atoms with Gasteiger partial charge in [-0.1, -0.05) is 12.1 Å². The summed E-state index contributed by atoms with van der Waals surface area (Å²) in [6.45, 7) is 1.96. The Balaban J connectivity index is 2.50. The summed E-state index contributed by atoms with van der Waals surface area (Å²) >= 11 is 3.18. The molecule has 0 aliphatic rings. The molecule has 86 valence electrons. The van der Waals surface area contributed by atoms with E-state index in [0.29, 0.717) is 10.6 Å². The largest absolute Gasteiger partial charge is 0.397 e. The number of rotatable bonds is 2. The van der Waals surface area contributed by atoms with Crippen molar-refractivity contribution >= 4 is 28.8 Å². The summed E-state index contributed by atoms with van der Waals surface area (Å²) in [7, 11) is 0. The van der Waals surface area contributed by atoms with Crippen molar-refractivity contribution in [1.29, 1.82) is 5.26 Å². The molecule has 2 N–H and O–H groups in total. The number of nitrogen functional groups attached to an aromatic ring is 1. The third kappa shape index (κ3) is 2.17. The molecule has 0 aliphatic carbocycles. The van der Waals surface area contributed by atoms with Crippen LogP contribution < -0.4 is 5.73 Å². The average Bonchev–Trinajstić information content (AvgIpc) is 2.66. The fourth-order valence-electron chi connectivity index (χ4n) is 1.63. The molecular formula is C13H12N2S2. The molecule has 0 unspecified atom stereocenters. The smallest absolute Gasteiger partial charge is 0.128 e. The second-order valence-corrected chi connectivity index (χ2v) is 5.54. The van der Waals surface area contributed by atoms with Crippen molar-refractivity contribution in [3.63, 3.8) is 0 Å². The molecule has 1 aromatic heterocycles. The van der Waals surface area contributed by atoms with E-state index in [1.165, 1.54) is 16.2 Å². The van der Waals surface area contributed by atoms with Gasteiger partial charge in [0.15, 0.2) is 0 Å². The number of nitriles is 1. The molecule has 17 heavy (non-hydrogen) atoms. The lowest BCUT2D eigenvalue weighted by Gasteiger charge is -2.01. The Morgan fingerprint density at radius 2 is 1.94 bits per heavy atom. The minimum atomic E-state index is 0.603. The van der Waals surface area contributed by atoms with Crippen LogP contribution in [0.3, 0.4) is 0 Å². The van der Waals surface area contributed by atoms with Crippen molar-refractivity contribution in [2.75, 3.05) is 12.0 Å². The first kappa shape index (κ1) is 12.0. The van der Waals surface area contributed by atoms with Crippen LogP contribution in [0.4, 0.5) is 5.69 Å². The maximum atomic E-state index is 8.96. The van der Waals surface area contributed by atoms with Crippen LogP contribution in [-0.2, 0) is 0 Å². The topological polar surface area (TPSA) is 49.8 Å². The minimum Gasteiger partial charge on any atom is -0.397 e. The van der Waals surface area contributed by atoms with Gasteiger partial charge in [0.05, 0.1) is 5.69 Å². The van der Waals surface area contributed by atoms with Crippen LogP contribution in [0.15, 0.2) is 29.2 Å². The number of thioether (sulfide) groups is 1. The lowest BCUT2D eigenvalue weighted by Crippen LogP contribution is -1.87. The third-order valence-electron chi connectivity index (χ3n) is 2.65. The zero-order valence-electron chi connectivity index (χ0n) is 9.65. The Hall–Kier alpha value is -1.44. The van der Waals surface area contributed by atoms with E-state index >= 15 is 0 Å². The van der Waals surface area contributed by atoms with Crippen LogP contribution in [0.25, 0.3) is 10.4 Å². The number of nitrogens with zero attached hydrogens (tertiary/aromatic N) is 1. The van der Waals surface area contributed by atoms with Gasteiger partial charge in [0, 0.05) is 9.77 Å². The molecule has 0 radical (unpaired) electrons. The number of nitrogens with two attached hydrogens (primary N) is 1. The van der Waals surface area contributed by atoms with E-state index < -0.39 is 0 Å². The summed E-state index contributed by atoms with van der Waals surface area (Å²) in [6.07, 6.45) is 2.05. The first-order chi connectivity index (χ1) is 8.17. The second-order valence-electron chi connectivity index (χ2n) is 3.64. The Bertz CT molecular complexity index is 577. The van der Waals surface area contributed by atoms with Crippen LogP contribution in [0, 0.1) is 18.3 Å². The lowest BCUT2D eigenvalue weighted by atomic mass is 10.1. The van der Waals surface area contributed by atoms with E-state index in [-0.39, 0.29) is 0 Å². The molecule has 2 rings (SSSR count). The monoisotopic (exact) mass is 260 g/mol. The van der Waals surface area contributed by atoms with Gasteiger partial charge in [-0.3, -0.25) is 0 Å². The molecular weight excluding hydrogens is 248 g/mol. The molecule has 0 aliphatic heterocycles. The van der Waals surface area contributed by atoms with Crippen LogP contribution in [0.2, 0.25) is 0 Å². The Kier molecular flexibility index (Phi) is 3.41. The molecule has 1 heterocycles. The Morgan fingerprint density at radius 1 is 1.29 bits per heavy atom. The summed E-state index contributed by atoms with van der Waals surface area (Å²) in [5.74, 6) is 0. The van der Waals surface area contributed by atoms with E-state index in [0.717, 1.165) is 16.0 Å². The summed E-state index contributed by atoms with van der Waals surface area (Å²) in [6, 6.07) is 10.5. The molecule has 0 saturated heterocycles. The van der Waals surface area contributed by atoms with E-state index in [1.54, 1.807) is 11.8 Å². The van der Waals surface area contributed by atoms with Gasteiger partial charge in [-0.15, -0.1) is 23.1 Å². The summed E-state index contributed by atoms with van der Waals surface area (Å²) < 4.78 is 0. The van der Waals surface area contributed by atoms with Gasteiger partial charge in [-0.2, -0.15) is 5.26 Å². The Labute approximate surface area is 109 Å². The first-order valence-corrected chi connectivity index (χ1v) is 7.15. The van der Waals surface area contributed by atoms with E-state index in [1.807, 2.05) is 6.92 Å². The number of hydrogen-bond acceptors (Lipinski definition) is 4. The number of benzene rings is 1. The molecule has 0 bridgehead atoms. The molecule has 4 heteroatoms. The highest BCUT2D eigenvalue weighted by molar-refractivity contribution is 7.98. The van der Waals surface area contributed by atoms with Crippen molar-refractivity contribution in [1.82, 2.24) is 0 Å². The first-order valence-electron chi connectivity index (χ1n) is 5.10. The minimum absolute atomic E-state index is 0.603. The van der Waals surface area contributed by atoms with Gasteiger partial charge in [-0.25, -0.2) is 0 Å². The molecule has 0 amide bonds. The highest BCUT2D eigenvalue weighted by Gasteiger charge is 2.13. The van der Waals surface area contributed by atoms with Crippen molar-refractivity contribution < 1.29 is 0 Å². The maximum absolute atomic E-state index is 8.96. The van der Waals surface area contributed by atoms with Crippen LogP contribution in [0.5, 0.6) is 0 Å². The van der Waals surface area contributed by atoms with Crippen molar-refractivity contribution in [3.8, 4) is 16.5 Å². The van der Waals surface area contributed by atoms with Gasteiger partial charge >= 0.3 is 0 Å². The number of anilines is 1. The fraction of sp³-hybridized carbons (Fsp3) is 0.154. The zero-order chi connectivity index (χ0) is 12.4. The van der Waals surface area contributed by atoms with Gasteiger partial charge in [-0.05, 0) is 36.4 Å². The number of thiophene rings is 1. The van der Waals surface area contributed by atoms with Crippen LogP contribution >= 0.6 is 23.1 Å². The molecule has 0 spiro atoms. The van der Waals surface area contributed by atoms with Gasteiger partial charge < -0.3 is 5.73 Å². The van der Waals surface area contributed by atoms with E-state index in [2.05, 4.69) is 36.6 Å². The lowest BCUT2D eigenvalue weighted by molar-refractivity contribution is 1.45. The fourth-order valence-corrected chi connectivity index (χ4v) is 3.07. The Morgan fingerprint density at radius 3 is 2.41 bits per heavy atom. The van der Waals surface area contributed by atoms with Crippen LogP contribution in [-0.4, -0.2) is 6.26 Å². The van der Waals surface area contributed by atoms with Crippen LogP contribution in [0.1, 0.15) is 10.4 Å². The molecule has 0 atom stereocenters.